The van der Waals surface area contributed by atoms with Crippen LogP contribution in [-0.2, 0) is 0 Å². The monoisotopic (exact) mass is 461 g/mol. The summed E-state index contributed by atoms with van der Waals surface area (Å²) in [7, 11) is 0. The van der Waals surface area contributed by atoms with Crippen molar-refractivity contribution in [1.82, 2.24) is 10.2 Å². The first-order chi connectivity index (χ1) is 14.6. The molecule has 32 heavy (non-hydrogen) atoms. The smallest absolute Gasteiger partial charge is 0.255 e. The van der Waals surface area contributed by atoms with E-state index in [2.05, 4.69) is 46.3 Å². The van der Waals surface area contributed by atoms with Gasteiger partial charge >= 0.3 is 0 Å². The van der Waals surface area contributed by atoms with Crippen molar-refractivity contribution in [2.24, 2.45) is 5.41 Å². The number of carbonyl (C=O) groups is 1. The molecule has 0 spiro atoms. The van der Waals surface area contributed by atoms with Crippen LogP contribution in [0.5, 0.6) is 5.75 Å². The molecule has 2 aromatic rings. The van der Waals surface area contributed by atoms with E-state index in [1.165, 1.54) is 17.3 Å². The van der Waals surface area contributed by atoms with E-state index >= 15 is 0 Å². The topological polar surface area (TPSA) is 76.0 Å². The summed E-state index contributed by atoms with van der Waals surface area (Å²) in [5, 5.41) is 23.8. The number of hydrogen-bond acceptors (Lipinski definition) is 5. The fraction of sp³-hybridized carbons (Fsp3) is 0.480. The van der Waals surface area contributed by atoms with Crippen LogP contribution in [0.15, 0.2) is 42.5 Å². The summed E-state index contributed by atoms with van der Waals surface area (Å²) >= 11 is 0. The Balaban J connectivity index is 0.00000363. The van der Waals surface area contributed by atoms with Gasteiger partial charge in [0, 0.05) is 45.0 Å². The lowest BCUT2D eigenvalue weighted by Gasteiger charge is -2.37. The number of halogens is 1. The molecule has 7 heteroatoms. The van der Waals surface area contributed by atoms with Crippen LogP contribution in [0.25, 0.3) is 0 Å². The van der Waals surface area contributed by atoms with Crippen LogP contribution in [0.3, 0.4) is 0 Å². The van der Waals surface area contributed by atoms with Gasteiger partial charge in [0.1, 0.15) is 5.75 Å². The first-order valence-corrected chi connectivity index (χ1v) is 11.0. The van der Waals surface area contributed by atoms with Gasteiger partial charge in [0.2, 0.25) is 0 Å². The Morgan fingerprint density at radius 1 is 1.09 bits per heavy atom. The van der Waals surface area contributed by atoms with Gasteiger partial charge in [-0.05, 0) is 41.7 Å². The number of aliphatic hydroxyl groups excluding tert-OH is 1. The molecule has 3 N–H and O–H groups in total. The maximum Gasteiger partial charge on any atom is 0.255 e. The maximum atomic E-state index is 12.5. The number of β-amino-alcohol motifs (C(OH)–C–C–N with tert-alkyl or cyclic N) is 1. The standard InChI is InChI=1S/C25H35N3O3.ClH/c1-18-7-5-6-8-21(18)28-13-11-27(12-14-28)16-23(30)19-9-10-22(29)20(15-19)24(31)26-17-25(2,3)4;/h5-10,15,23,29-30H,11-14,16-17H2,1-4H3,(H,26,31);1H. The van der Waals surface area contributed by atoms with Gasteiger partial charge in [0.15, 0.2) is 0 Å². The maximum absolute atomic E-state index is 12.5. The lowest BCUT2D eigenvalue weighted by Crippen LogP contribution is -2.47. The van der Waals surface area contributed by atoms with Crippen molar-refractivity contribution >= 4 is 24.0 Å². The van der Waals surface area contributed by atoms with Crippen molar-refractivity contribution in [1.29, 1.82) is 0 Å². The molecule has 1 saturated heterocycles. The highest BCUT2D eigenvalue weighted by Crippen LogP contribution is 2.25. The second-order valence-corrected chi connectivity index (χ2v) is 9.61. The fourth-order valence-corrected chi connectivity index (χ4v) is 3.82. The number of phenols is 1. The van der Waals surface area contributed by atoms with Gasteiger partial charge in [-0.1, -0.05) is 45.0 Å². The van der Waals surface area contributed by atoms with Crippen molar-refractivity contribution < 1.29 is 15.0 Å². The third-order valence-corrected chi connectivity index (χ3v) is 5.69. The molecule has 1 fully saturated rings. The van der Waals surface area contributed by atoms with Crippen molar-refractivity contribution in [2.45, 2.75) is 33.8 Å². The molecule has 0 aromatic heterocycles. The average Bonchev–Trinajstić information content (AvgIpc) is 2.73. The van der Waals surface area contributed by atoms with E-state index in [4.69, 9.17) is 0 Å². The van der Waals surface area contributed by atoms with E-state index in [1.54, 1.807) is 12.1 Å². The summed E-state index contributed by atoms with van der Waals surface area (Å²) in [6, 6.07) is 13.2. The summed E-state index contributed by atoms with van der Waals surface area (Å²) in [4.78, 5) is 17.1. The number of aromatic hydroxyl groups is 1. The number of rotatable bonds is 6. The van der Waals surface area contributed by atoms with Crippen LogP contribution in [0.2, 0.25) is 0 Å². The summed E-state index contributed by atoms with van der Waals surface area (Å²) in [6.07, 6.45) is -0.722. The molecule has 6 nitrogen and oxygen atoms in total. The minimum atomic E-state index is -0.722. The molecule has 1 amide bonds. The lowest BCUT2D eigenvalue weighted by molar-refractivity contribution is 0.0935. The molecule has 1 unspecified atom stereocenters. The van der Waals surface area contributed by atoms with Crippen molar-refractivity contribution in [3.63, 3.8) is 0 Å². The van der Waals surface area contributed by atoms with Gasteiger partial charge in [-0.25, -0.2) is 0 Å². The number of piperazine rings is 1. The molecule has 1 aliphatic heterocycles. The SMILES string of the molecule is Cc1ccccc1N1CCN(CC(O)c2ccc(O)c(C(=O)NCC(C)(C)C)c2)CC1.Cl. The van der Waals surface area contributed by atoms with Crippen molar-refractivity contribution in [3.05, 3.63) is 59.2 Å². The Bertz CT molecular complexity index is 906. The molecule has 1 aliphatic rings. The number of nitrogens with one attached hydrogen (secondary N) is 1. The second-order valence-electron chi connectivity index (χ2n) is 9.61. The van der Waals surface area contributed by atoms with Crippen molar-refractivity contribution in [3.8, 4) is 5.75 Å². The quantitative estimate of drug-likeness (QED) is 0.610. The molecule has 1 atom stereocenters. The Labute approximate surface area is 197 Å². The van der Waals surface area contributed by atoms with E-state index < -0.39 is 6.10 Å². The fourth-order valence-electron chi connectivity index (χ4n) is 3.82. The minimum absolute atomic E-state index is 0. The molecule has 176 valence electrons. The zero-order valence-corrected chi connectivity index (χ0v) is 20.3. The largest absolute Gasteiger partial charge is 0.507 e. The molecule has 0 saturated carbocycles. The van der Waals surface area contributed by atoms with Crippen LogP contribution in [0.1, 0.15) is 48.4 Å². The molecule has 0 aliphatic carbocycles. The van der Waals surface area contributed by atoms with Gasteiger partial charge in [-0.2, -0.15) is 0 Å². The normalized spacial score (nSPS) is 15.7. The van der Waals surface area contributed by atoms with Crippen LogP contribution in [0.4, 0.5) is 5.69 Å². The van der Waals surface area contributed by atoms with E-state index in [1.807, 2.05) is 20.8 Å². The summed E-state index contributed by atoms with van der Waals surface area (Å²) in [6.45, 7) is 12.8. The Morgan fingerprint density at radius 3 is 2.38 bits per heavy atom. The summed E-state index contributed by atoms with van der Waals surface area (Å²) in [5.41, 5.74) is 3.33. The van der Waals surface area contributed by atoms with Crippen LogP contribution >= 0.6 is 12.4 Å². The zero-order chi connectivity index (χ0) is 22.6. The number of aliphatic hydroxyl groups is 1. The Kier molecular flexibility index (Phi) is 8.96. The van der Waals surface area contributed by atoms with Gasteiger partial charge in [0.05, 0.1) is 11.7 Å². The van der Waals surface area contributed by atoms with E-state index in [9.17, 15) is 15.0 Å². The number of hydrogen-bond donors (Lipinski definition) is 3. The third kappa shape index (κ3) is 6.86. The summed E-state index contributed by atoms with van der Waals surface area (Å²) < 4.78 is 0. The predicted molar refractivity (Wildman–Crippen MR) is 132 cm³/mol. The number of para-hydroxylation sites is 1. The average molecular weight is 462 g/mol. The molecule has 0 radical (unpaired) electrons. The first-order valence-electron chi connectivity index (χ1n) is 11.0. The van der Waals surface area contributed by atoms with Gasteiger partial charge < -0.3 is 20.4 Å². The number of aryl methyl sites for hydroxylation is 1. The highest BCUT2D eigenvalue weighted by atomic mass is 35.5. The molecular formula is C25H36ClN3O3. The molecule has 1 heterocycles. The molecular weight excluding hydrogens is 426 g/mol. The van der Waals surface area contributed by atoms with Crippen LogP contribution in [0, 0.1) is 12.3 Å². The predicted octanol–water partition coefficient (Wildman–Crippen LogP) is 3.75. The van der Waals surface area contributed by atoms with Crippen LogP contribution < -0.4 is 10.2 Å². The van der Waals surface area contributed by atoms with Gasteiger partial charge in [0.25, 0.3) is 5.91 Å². The molecule has 3 rings (SSSR count). The number of carbonyl (C=O) groups excluding carboxylic acids is 1. The minimum Gasteiger partial charge on any atom is -0.507 e. The Morgan fingerprint density at radius 2 is 1.75 bits per heavy atom. The number of anilines is 1. The molecule has 2 aromatic carbocycles. The number of benzene rings is 2. The lowest BCUT2D eigenvalue weighted by atomic mass is 9.96. The van der Waals surface area contributed by atoms with E-state index in [0.717, 1.165) is 26.2 Å². The van der Waals surface area contributed by atoms with Gasteiger partial charge in [-0.3, -0.25) is 9.69 Å². The third-order valence-electron chi connectivity index (χ3n) is 5.69. The van der Waals surface area contributed by atoms with Gasteiger partial charge in [-0.15, -0.1) is 12.4 Å². The Hall–Kier alpha value is -2.28. The second kappa shape index (κ2) is 11.0. The zero-order valence-electron chi connectivity index (χ0n) is 19.5. The van der Waals surface area contributed by atoms with Crippen LogP contribution in [-0.4, -0.2) is 60.3 Å². The summed E-state index contributed by atoms with van der Waals surface area (Å²) in [5.74, 6) is -0.400. The van der Waals surface area contributed by atoms with Crippen molar-refractivity contribution in [2.75, 3.05) is 44.2 Å². The number of phenolic OH excluding ortho intramolecular Hbond substituents is 1. The number of amides is 1. The first kappa shape index (κ1) is 26.0. The molecule has 0 bridgehead atoms. The number of nitrogens with zero attached hydrogens (tertiary/aromatic N) is 2. The highest BCUT2D eigenvalue weighted by molar-refractivity contribution is 5.97. The van der Waals surface area contributed by atoms with E-state index in [-0.39, 0.29) is 35.0 Å². The van der Waals surface area contributed by atoms with E-state index in [0.29, 0.717) is 18.7 Å². The highest BCUT2D eigenvalue weighted by Gasteiger charge is 2.22.